The van der Waals surface area contributed by atoms with E-state index < -0.39 is 17.9 Å². The summed E-state index contributed by atoms with van der Waals surface area (Å²) in [7, 11) is 1.69. The topological polar surface area (TPSA) is 191 Å². The molecule has 1 atom stereocenters. The first-order valence-electron chi connectivity index (χ1n) is 20.2. The van der Waals surface area contributed by atoms with Gasteiger partial charge in [-0.3, -0.25) is 43.4 Å². The number of para-hydroxylation sites is 1. The molecule has 0 bridgehead atoms. The SMILES string of the molecule is Cc1ccc(-c2nn(C3CCC(CN4CCN(CC#Cc5cccc6c5n(C)c(=O)n6C5CCC(=O)NC5=O)CC4)CC3)cc2NC(=O)/C(=C/N)c2ncccn2)nc1. The second-order valence-corrected chi connectivity index (χ2v) is 15.6. The Labute approximate surface area is 341 Å². The van der Waals surface area contributed by atoms with E-state index in [0.717, 1.165) is 69.5 Å². The zero-order valence-corrected chi connectivity index (χ0v) is 33.3. The summed E-state index contributed by atoms with van der Waals surface area (Å²) in [5.41, 5.74) is 10.6. The van der Waals surface area contributed by atoms with Gasteiger partial charge in [-0.25, -0.2) is 14.8 Å². The number of rotatable bonds is 9. The van der Waals surface area contributed by atoms with Crippen molar-refractivity contribution in [3.8, 4) is 23.2 Å². The van der Waals surface area contributed by atoms with E-state index in [4.69, 9.17) is 10.8 Å². The number of anilines is 1. The molecule has 2 saturated heterocycles. The van der Waals surface area contributed by atoms with Gasteiger partial charge in [-0.05, 0) is 74.8 Å². The second-order valence-electron chi connectivity index (χ2n) is 15.6. The van der Waals surface area contributed by atoms with E-state index in [0.29, 0.717) is 40.6 Å². The Bertz CT molecular complexity index is 2510. The molecule has 304 valence electrons. The minimum Gasteiger partial charge on any atom is -0.404 e. The second kappa shape index (κ2) is 17.2. The van der Waals surface area contributed by atoms with Crippen LogP contribution in [-0.4, -0.2) is 101 Å². The van der Waals surface area contributed by atoms with Gasteiger partial charge in [0.15, 0.2) is 5.82 Å². The van der Waals surface area contributed by atoms with Gasteiger partial charge in [0.2, 0.25) is 11.8 Å². The Morgan fingerprint density at radius 2 is 1.73 bits per heavy atom. The monoisotopic (exact) mass is 796 g/mol. The molecule has 1 unspecified atom stereocenters. The van der Waals surface area contributed by atoms with Crippen LogP contribution in [0.2, 0.25) is 0 Å². The number of aryl methyl sites for hydroxylation is 2. The molecule has 8 rings (SSSR count). The van der Waals surface area contributed by atoms with Crippen molar-refractivity contribution in [2.24, 2.45) is 18.7 Å². The maximum atomic E-state index is 13.4. The standard InChI is InChI=1S/C43H48N12O4/c1-28-9-14-33(47-25-28)38-34(48-41(57)32(24-44)40-45-17-5-18-46-40)27-54(50-38)31-12-10-29(11-13-31)26-53-22-20-52(21-23-53)19-4-7-30-6-3-8-35-39(30)51(2)43(59)55(35)36-15-16-37(56)49-42(36)58/h3,5-6,8-9,14,17-18,24-25,27,29,31,36H,10-13,15-16,19-23,26,44H2,1-2H3,(H,48,57)(H,49,56,58)/b32-24+. The molecule has 3 fully saturated rings. The molecule has 1 aliphatic carbocycles. The molecule has 3 amide bonds. The quantitative estimate of drug-likeness (QED) is 0.113. The van der Waals surface area contributed by atoms with Crippen molar-refractivity contribution >= 4 is 40.0 Å². The van der Waals surface area contributed by atoms with Crippen LogP contribution in [-0.2, 0) is 21.4 Å². The van der Waals surface area contributed by atoms with Gasteiger partial charge in [0.1, 0.15) is 11.7 Å². The molecule has 16 nitrogen and oxygen atoms in total. The molecule has 4 aromatic heterocycles. The number of pyridine rings is 1. The number of nitrogens with one attached hydrogen (secondary N) is 2. The van der Waals surface area contributed by atoms with Crippen molar-refractivity contribution in [1.29, 1.82) is 0 Å². The molecule has 6 heterocycles. The molecule has 4 N–H and O–H groups in total. The van der Waals surface area contributed by atoms with Crippen molar-refractivity contribution < 1.29 is 14.4 Å². The van der Waals surface area contributed by atoms with Crippen LogP contribution in [0.3, 0.4) is 0 Å². The Balaban J connectivity index is 0.855. The van der Waals surface area contributed by atoms with Crippen LogP contribution in [0.25, 0.3) is 28.0 Å². The number of aromatic nitrogens is 7. The number of amides is 3. The van der Waals surface area contributed by atoms with Crippen molar-refractivity contribution in [3.05, 3.63) is 94.8 Å². The molecule has 16 heteroatoms. The predicted octanol–water partition coefficient (Wildman–Crippen LogP) is 3.01. The van der Waals surface area contributed by atoms with Crippen LogP contribution >= 0.6 is 0 Å². The fourth-order valence-electron chi connectivity index (χ4n) is 8.45. The largest absolute Gasteiger partial charge is 0.404 e. The first-order chi connectivity index (χ1) is 28.7. The van der Waals surface area contributed by atoms with Crippen LogP contribution < -0.4 is 22.1 Å². The van der Waals surface area contributed by atoms with Crippen LogP contribution in [0.1, 0.15) is 67.6 Å². The van der Waals surface area contributed by atoms with Crippen LogP contribution in [0.5, 0.6) is 0 Å². The molecule has 59 heavy (non-hydrogen) atoms. The number of piperidine rings is 1. The van der Waals surface area contributed by atoms with E-state index in [1.54, 1.807) is 36.3 Å². The summed E-state index contributed by atoms with van der Waals surface area (Å²) in [5, 5.41) is 10.3. The lowest BCUT2D eigenvalue weighted by atomic mass is 9.85. The number of nitrogens with two attached hydrogens (primary N) is 1. The number of fused-ring (bicyclic) bond motifs is 1. The highest BCUT2D eigenvalue weighted by molar-refractivity contribution is 6.24. The van der Waals surface area contributed by atoms with E-state index in [1.165, 1.54) is 10.8 Å². The normalized spacial score (nSPS) is 20.6. The molecule has 1 saturated carbocycles. The number of hydrogen-bond donors (Lipinski definition) is 3. The van der Waals surface area contributed by atoms with Gasteiger partial charge < -0.3 is 16.0 Å². The molecule has 1 aromatic carbocycles. The Kier molecular flexibility index (Phi) is 11.5. The van der Waals surface area contributed by atoms with Crippen molar-refractivity contribution in [3.63, 3.8) is 0 Å². The minimum atomic E-state index is -0.732. The van der Waals surface area contributed by atoms with Crippen molar-refractivity contribution in [1.82, 2.24) is 49.0 Å². The predicted molar refractivity (Wildman–Crippen MR) is 222 cm³/mol. The van der Waals surface area contributed by atoms with Crippen LogP contribution in [0.15, 0.2) is 72.2 Å². The van der Waals surface area contributed by atoms with E-state index in [9.17, 15) is 19.2 Å². The summed E-state index contributed by atoms with van der Waals surface area (Å²) in [6, 6.07) is 10.6. The fraction of sp³-hybridized carbons (Fsp3) is 0.395. The van der Waals surface area contributed by atoms with Gasteiger partial charge in [-0.15, -0.1) is 0 Å². The number of benzene rings is 1. The maximum Gasteiger partial charge on any atom is 0.329 e. The van der Waals surface area contributed by atoms with Gasteiger partial charge >= 0.3 is 5.69 Å². The number of carbonyl (C=O) groups excluding carboxylic acids is 3. The van der Waals surface area contributed by atoms with E-state index in [2.05, 4.69) is 47.2 Å². The Hall–Kier alpha value is -6.44. The first-order valence-corrected chi connectivity index (χ1v) is 20.2. The fourth-order valence-corrected chi connectivity index (χ4v) is 8.45. The van der Waals surface area contributed by atoms with E-state index in [1.807, 2.05) is 48.1 Å². The summed E-state index contributed by atoms with van der Waals surface area (Å²) in [6.07, 6.45) is 12.7. The number of carbonyl (C=O) groups is 3. The third-order valence-electron chi connectivity index (χ3n) is 11.7. The molecular weight excluding hydrogens is 749 g/mol. The number of nitrogens with zero attached hydrogens (tertiary/aromatic N) is 9. The third kappa shape index (κ3) is 8.43. The highest BCUT2D eigenvalue weighted by Crippen LogP contribution is 2.36. The van der Waals surface area contributed by atoms with Gasteiger partial charge in [-0.1, -0.05) is 24.0 Å². The maximum absolute atomic E-state index is 13.4. The zero-order valence-electron chi connectivity index (χ0n) is 33.3. The average Bonchev–Trinajstić information content (AvgIpc) is 3.77. The number of piperazine rings is 1. The van der Waals surface area contributed by atoms with Gasteiger partial charge in [0, 0.05) is 77.2 Å². The number of imide groups is 1. The molecule has 2 aliphatic heterocycles. The minimum absolute atomic E-state index is 0.166. The summed E-state index contributed by atoms with van der Waals surface area (Å²) in [4.78, 5) is 69.0. The number of imidazole rings is 1. The van der Waals surface area contributed by atoms with Gasteiger partial charge in [0.25, 0.3) is 5.91 Å². The van der Waals surface area contributed by atoms with Crippen LogP contribution in [0, 0.1) is 24.7 Å². The molecule has 0 spiro atoms. The summed E-state index contributed by atoms with van der Waals surface area (Å²) >= 11 is 0. The van der Waals surface area contributed by atoms with Crippen molar-refractivity contribution in [2.45, 2.75) is 57.5 Å². The first kappa shape index (κ1) is 39.4. The van der Waals surface area contributed by atoms with Crippen molar-refractivity contribution in [2.75, 3.05) is 44.6 Å². The number of hydrogen-bond acceptors (Lipinski definition) is 11. The lowest BCUT2D eigenvalue weighted by Crippen LogP contribution is -2.48. The highest BCUT2D eigenvalue weighted by atomic mass is 16.2. The van der Waals surface area contributed by atoms with Gasteiger partial charge in [-0.2, -0.15) is 5.10 Å². The summed E-state index contributed by atoms with van der Waals surface area (Å²) in [6.45, 7) is 7.45. The lowest BCUT2D eigenvalue weighted by molar-refractivity contribution is -0.135. The molecular formula is C43H48N12O4. The Morgan fingerprint density at radius 1 is 0.966 bits per heavy atom. The highest BCUT2D eigenvalue weighted by Gasteiger charge is 2.32. The molecule has 3 aliphatic rings. The smallest absolute Gasteiger partial charge is 0.329 e. The zero-order chi connectivity index (χ0) is 41.0. The summed E-state index contributed by atoms with van der Waals surface area (Å²) in [5.74, 6) is 6.27. The average molecular weight is 797 g/mol. The lowest BCUT2D eigenvalue weighted by Gasteiger charge is -2.37. The Morgan fingerprint density at radius 3 is 2.44 bits per heavy atom. The third-order valence-corrected chi connectivity index (χ3v) is 11.7. The van der Waals surface area contributed by atoms with Gasteiger partial charge in [0.05, 0.1) is 46.1 Å². The molecule has 0 radical (unpaired) electrons. The van der Waals surface area contributed by atoms with E-state index in [-0.39, 0.29) is 41.9 Å². The summed E-state index contributed by atoms with van der Waals surface area (Å²) < 4.78 is 5.02. The van der Waals surface area contributed by atoms with Crippen LogP contribution in [0.4, 0.5) is 5.69 Å². The van der Waals surface area contributed by atoms with E-state index >= 15 is 0 Å². The molecule has 5 aromatic rings.